The number of hydrogen-bond donors (Lipinski definition) is 6. The molecule has 6 aromatic rings. The number of nitrogens with two attached hydrogens (primary N) is 4. The number of allylic oxidation sites excluding steroid dienone is 2. The Labute approximate surface area is 355 Å². The third kappa shape index (κ3) is 7.23. The van der Waals surface area contributed by atoms with Crippen LogP contribution in [0.15, 0.2) is 36.4 Å². The van der Waals surface area contributed by atoms with Crippen molar-refractivity contribution in [3.8, 4) is 5.75 Å². The number of benzene rings is 2. The molecule has 0 aliphatic carbocycles. The van der Waals surface area contributed by atoms with Crippen LogP contribution in [-0.2, 0) is 37.5 Å². The number of amides is 4. The zero-order valence-electron chi connectivity index (χ0n) is 35.1. The number of fused-ring (bicyclic) bond motifs is 2. The molecule has 2 aliphatic rings. The largest absolute Gasteiger partial charge is 0.494 e. The zero-order chi connectivity index (χ0) is 44.2. The van der Waals surface area contributed by atoms with Gasteiger partial charge in [-0.2, -0.15) is 10.2 Å². The number of aryl methyl sites for hydroxylation is 4. The van der Waals surface area contributed by atoms with Crippen molar-refractivity contribution in [2.24, 2.45) is 16.9 Å². The fraction of sp³-hybridized carbons (Fsp3) is 0.366. The maximum atomic E-state index is 14.0. The van der Waals surface area contributed by atoms with Gasteiger partial charge in [0.25, 0.3) is 11.8 Å². The van der Waals surface area contributed by atoms with Crippen molar-refractivity contribution in [1.82, 2.24) is 43.6 Å². The number of nitrogen functional groups attached to an aromatic ring is 2. The fourth-order valence-corrected chi connectivity index (χ4v) is 8.33. The fourth-order valence-electron chi connectivity index (χ4n) is 8.33. The van der Waals surface area contributed by atoms with E-state index in [4.69, 9.17) is 42.4 Å². The van der Waals surface area contributed by atoms with Gasteiger partial charge >= 0.3 is 0 Å². The molecule has 0 unspecified atom stereocenters. The van der Waals surface area contributed by atoms with E-state index in [2.05, 4.69) is 25.7 Å². The highest BCUT2D eigenvalue weighted by Gasteiger charge is 2.48. The van der Waals surface area contributed by atoms with Gasteiger partial charge in [0.1, 0.15) is 22.7 Å². The van der Waals surface area contributed by atoms with Crippen LogP contribution in [0.25, 0.3) is 22.1 Å². The van der Waals surface area contributed by atoms with Gasteiger partial charge in [-0.3, -0.25) is 44.1 Å². The van der Waals surface area contributed by atoms with Crippen molar-refractivity contribution in [2.45, 2.75) is 60.4 Å². The highest BCUT2D eigenvalue weighted by molar-refractivity contribution is 6.08. The average molecular weight is 848 g/mol. The number of carbonyl (C=O) groups is 4. The van der Waals surface area contributed by atoms with Crippen LogP contribution in [0.2, 0.25) is 0 Å². The van der Waals surface area contributed by atoms with E-state index in [9.17, 15) is 19.2 Å². The number of anilines is 4. The van der Waals surface area contributed by atoms with Crippen molar-refractivity contribution >= 4 is 69.0 Å². The number of rotatable bonds is 15. The molecule has 21 nitrogen and oxygen atoms in total. The minimum Gasteiger partial charge on any atom is -0.494 e. The number of primary amides is 2. The Morgan fingerprint density at radius 3 is 1.71 bits per heavy atom. The monoisotopic (exact) mass is 847 g/mol. The summed E-state index contributed by atoms with van der Waals surface area (Å²) in [6, 6.07) is 6.42. The van der Waals surface area contributed by atoms with Gasteiger partial charge in [-0.25, -0.2) is 9.97 Å². The quantitative estimate of drug-likeness (QED) is 0.0811. The molecule has 6 heterocycles. The third-order valence-electron chi connectivity index (χ3n) is 11.4. The zero-order valence-corrected chi connectivity index (χ0v) is 35.1. The van der Waals surface area contributed by atoms with Crippen LogP contribution < -0.4 is 38.3 Å². The summed E-state index contributed by atoms with van der Waals surface area (Å²) in [4.78, 5) is 64.5. The summed E-state index contributed by atoms with van der Waals surface area (Å²) in [5, 5.41) is 14.6. The van der Waals surface area contributed by atoms with Crippen molar-refractivity contribution in [3.05, 3.63) is 75.9 Å². The topological polar surface area (TPSA) is 289 Å². The lowest BCUT2D eigenvalue weighted by atomic mass is 9.78. The number of carbonyl (C=O) groups excluding carboxylic acids is 4. The van der Waals surface area contributed by atoms with Crippen LogP contribution in [0.1, 0.15) is 72.5 Å². The first-order valence-electron chi connectivity index (χ1n) is 20.1. The SMILES string of the molecule is CCn1nc(C)c(N)c1C(=O)Nc1nc2cc(C(N)=O)cc(CN3CC4(COC4)C3)c2n1C/C=C/Cn1c(NC(=O)c2c(N)c(C)nn2CC)nc2cc(C(N)=O)cc(OC)c21. The summed E-state index contributed by atoms with van der Waals surface area (Å²) in [5.74, 6) is -1.69. The summed E-state index contributed by atoms with van der Waals surface area (Å²) >= 11 is 0. The second-order valence-corrected chi connectivity index (χ2v) is 15.7. The van der Waals surface area contributed by atoms with Gasteiger partial charge in [-0.15, -0.1) is 0 Å². The summed E-state index contributed by atoms with van der Waals surface area (Å²) in [5.41, 5.74) is 29.3. The normalized spacial score (nSPS) is 14.7. The number of methoxy groups -OCH3 is 1. The van der Waals surface area contributed by atoms with E-state index in [1.54, 1.807) is 30.5 Å². The lowest BCUT2D eigenvalue weighted by molar-refractivity contribution is -0.191. The van der Waals surface area contributed by atoms with E-state index in [1.165, 1.54) is 28.6 Å². The summed E-state index contributed by atoms with van der Waals surface area (Å²) in [6.07, 6.45) is 3.72. The predicted molar refractivity (Wildman–Crippen MR) is 231 cm³/mol. The molecular weight excluding hydrogens is 799 g/mol. The van der Waals surface area contributed by atoms with Crippen molar-refractivity contribution < 1.29 is 28.7 Å². The van der Waals surface area contributed by atoms with Gasteiger partial charge in [0.15, 0.2) is 0 Å². The number of hydrogen-bond acceptors (Lipinski definition) is 13. The van der Waals surface area contributed by atoms with Gasteiger partial charge in [-0.1, -0.05) is 12.2 Å². The predicted octanol–water partition coefficient (Wildman–Crippen LogP) is 2.40. The second kappa shape index (κ2) is 16.0. The Morgan fingerprint density at radius 2 is 1.26 bits per heavy atom. The first-order valence-corrected chi connectivity index (χ1v) is 20.1. The highest BCUT2D eigenvalue weighted by Crippen LogP contribution is 2.39. The summed E-state index contributed by atoms with van der Waals surface area (Å²) in [7, 11) is 1.46. The Hall–Kier alpha value is -7.26. The number of ether oxygens (including phenoxy) is 2. The third-order valence-corrected chi connectivity index (χ3v) is 11.4. The highest BCUT2D eigenvalue weighted by atomic mass is 16.5. The molecule has 2 saturated heterocycles. The molecular formula is C41H49N15O6. The van der Waals surface area contributed by atoms with Gasteiger partial charge < -0.3 is 41.5 Å². The molecule has 4 amide bonds. The molecule has 0 atom stereocenters. The van der Waals surface area contributed by atoms with Crippen molar-refractivity contribution in [2.75, 3.05) is 55.5 Å². The second-order valence-electron chi connectivity index (χ2n) is 15.7. The molecule has 10 N–H and O–H groups in total. The van der Waals surface area contributed by atoms with E-state index < -0.39 is 23.6 Å². The van der Waals surface area contributed by atoms with Crippen LogP contribution >= 0.6 is 0 Å². The van der Waals surface area contributed by atoms with Crippen LogP contribution in [0, 0.1) is 19.3 Å². The maximum Gasteiger partial charge on any atom is 0.278 e. The van der Waals surface area contributed by atoms with Gasteiger partial charge in [-0.05, 0) is 57.5 Å². The molecule has 0 bridgehead atoms. The minimum atomic E-state index is -0.680. The molecule has 8 rings (SSSR count). The Kier molecular flexibility index (Phi) is 10.7. The molecule has 2 aromatic carbocycles. The van der Waals surface area contributed by atoms with E-state index in [-0.39, 0.29) is 64.3 Å². The van der Waals surface area contributed by atoms with Crippen LogP contribution in [0.4, 0.5) is 23.3 Å². The standard InChI is InChI=1S/C41H49N15O6/c1-6-55-33(29(42)21(3)50-55)37(59)48-39-46-26-13-23(35(44)57)12-25(16-52-17-41(18-52)19-62-20-41)31(26)53(39)10-8-9-11-54-32-27(14-24(36(45)58)15-28(32)61-5)47-40(54)49-38(60)34-30(43)22(4)51-56(34)7-2/h8-9,12-15H,6-7,10-11,16-20,42-43H2,1-5H3,(H2,44,57)(H2,45,58)(H,46,48,59)(H,47,49,60)/b9-8+. The summed E-state index contributed by atoms with van der Waals surface area (Å²) in [6.45, 7) is 11.9. The number of likely N-dealkylation sites (tertiary alicyclic amines) is 1. The molecule has 4 aromatic heterocycles. The molecule has 2 aliphatic heterocycles. The number of aromatic nitrogens is 8. The van der Waals surface area contributed by atoms with E-state index in [0.29, 0.717) is 72.1 Å². The number of imidazole rings is 2. The number of nitrogens with one attached hydrogen (secondary N) is 2. The Balaban J connectivity index is 1.18. The molecule has 62 heavy (non-hydrogen) atoms. The van der Waals surface area contributed by atoms with Crippen molar-refractivity contribution in [3.63, 3.8) is 0 Å². The molecule has 0 saturated carbocycles. The molecule has 1 spiro atoms. The Bertz CT molecular complexity index is 2830. The first-order chi connectivity index (χ1) is 29.6. The van der Waals surface area contributed by atoms with Gasteiger partial charge in [0, 0.05) is 62.4 Å². The lowest BCUT2D eigenvalue weighted by Crippen LogP contribution is -2.65. The van der Waals surface area contributed by atoms with Gasteiger partial charge in [0.05, 0.1) is 59.6 Å². The first kappa shape index (κ1) is 41.5. The Morgan fingerprint density at radius 1 is 0.774 bits per heavy atom. The van der Waals surface area contributed by atoms with E-state index >= 15 is 0 Å². The molecule has 2 fully saturated rings. The van der Waals surface area contributed by atoms with E-state index in [1.807, 2.05) is 30.6 Å². The van der Waals surface area contributed by atoms with Crippen LogP contribution in [0.3, 0.4) is 0 Å². The molecule has 0 radical (unpaired) electrons. The van der Waals surface area contributed by atoms with Gasteiger partial charge in [0.2, 0.25) is 23.7 Å². The smallest absolute Gasteiger partial charge is 0.278 e. The van der Waals surface area contributed by atoms with Crippen LogP contribution in [-0.4, -0.2) is 101 Å². The molecule has 21 heteroatoms. The maximum absolute atomic E-state index is 14.0. The average Bonchev–Trinajstić information content (AvgIpc) is 3.92. The molecule has 324 valence electrons. The number of nitrogens with zero attached hydrogens (tertiary/aromatic N) is 9. The minimum absolute atomic E-state index is 0.141. The van der Waals surface area contributed by atoms with Crippen LogP contribution in [0.5, 0.6) is 5.75 Å². The van der Waals surface area contributed by atoms with Crippen molar-refractivity contribution in [1.29, 1.82) is 0 Å². The van der Waals surface area contributed by atoms with E-state index in [0.717, 1.165) is 18.7 Å². The lowest BCUT2D eigenvalue weighted by Gasteiger charge is -2.55. The summed E-state index contributed by atoms with van der Waals surface area (Å²) < 4.78 is 17.8.